The summed E-state index contributed by atoms with van der Waals surface area (Å²) in [6.45, 7) is 6.36. The summed E-state index contributed by atoms with van der Waals surface area (Å²) in [5.41, 5.74) is 0. The van der Waals surface area contributed by atoms with Crippen LogP contribution in [0.15, 0.2) is 85.1 Å². The van der Waals surface area contributed by atoms with E-state index in [1.165, 1.54) is 89.9 Å². The van der Waals surface area contributed by atoms with Gasteiger partial charge in [-0.3, -0.25) is 14.4 Å². The number of carbonyl (C=O) groups excluding carboxylic acids is 3. The standard InChI is InChI=1S/C58H98O6/c1-4-7-10-13-16-19-22-25-27-28-29-30-31-34-36-39-42-45-48-51-57(60)63-54-55(53-62-56(59)50-47-44-41-38-35-32-24-21-18-15-12-9-6-3)64-58(61)52-49-46-43-40-37-33-26-23-20-17-14-11-8-5-2/h7,9-10,12,15-16,18-19,21,24-25,27,33,37,55H,4-6,8,11,13-14,17,20,22-23,26,28-32,34-36,38-54H2,1-3H3/b10-7+,12-9+,18-15+,19-16+,24-21+,27-25+,37-33+. The minimum absolute atomic E-state index is 0.0924. The normalized spacial score (nSPS) is 12.7. The van der Waals surface area contributed by atoms with Crippen molar-refractivity contribution >= 4 is 17.9 Å². The van der Waals surface area contributed by atoms with E-state index in [0.717, 1.165) is 116 Å². The zero-order valence-corrected chi connectivity index (χ0v) is 41.8. The first-order valence-electron chi connectivity index (χ1n) is 26.6. The number of unbranched alkanes of at least 4 members (excludes halogenated alkanes) is 24. The van der Waals surface area contributed by atoms with Crippen LogP contribution in [0.4, 0.5) is 0 Å². The highest BCUT2D eigenvalue weighted by Crippen LogP contribution is 2.14. The van der Waals surface area contributed by atoms with Crippen LogP contribution in [0, 0.1) is 0 Å². The Labute approximate surface area is 395 Å². The molecule has 0 radical (unpaired) electrons. The van der Waals surface area contributed by atoms with Crippen molar-refractivity contribution in [3.8, 4) is 0 Å². The van der Waals surface area contributed by atoms with E-state index in [2.05, 4.69) is 106 Å². The third-order valence-corrected chi connectivity index (χ3v) is 11.2. The van der Waals surface area contributed by atoms with Gasteiger partial charge in [-0.2, -0.15) is 0 Å². The first-order valence-corrected chi connectivity index (χ1v) is 26.6. The maximum absolute atomic E-state index is 12.8. The second kappa shape index (κ2) is 52.2. The number of allylic oxidation sites excluding steroid dienone is 14. The Morgan fingerprint density at radius 3 is 1.16 bits per heavy atom. The quantitative estimate of drug-likeness (QED) is 0.0199. The molecule has 6 heteroatoms. The fraction of sp³-hybridized carbons (Fsp3) is 0.707. The zero-order chi connectivity index (χ0) is 46.5. The van der Waals surface area contributed by atoms with Crippen LogP contribution in [-0.4, -0.2) is 37.2 Å². The number of rotatable bonds is 47. The van der Waals surface area contributed by atoms with Gasteiger partial charge in [-0.25, -0.2) is 0 Å². The maximum Gasteiger partial charge on any atom is 0.306 e. The molecular formula is C58H98O6. The molecule has 0 spiro atoms. The van der Waals surface area contributed by atoms with Gasteiger partial charge in [0.1, 0.15) is 13.2 Å². The second-order valence-electron chi connectivity index (χ2n) is 17.4. The van der Waals surface area contributed by atoms with E-state index >= 15 is 0 Å². The molecule has 0 amide bonds. The largest absolute Gasteiger partial charge is 0.462 e. The van der Waals surface area contributed by atoms with Crippen LogP contribution < -0.4 is 0 Å². The monoisotopic (exact) mass is 891 g/mol. The summed E-state index contributed by atoms with van der Waals surface area (Å²) >= 11 is 0. The van der Waals surface area contributed by atoms with Gasteiger partial charge in [-0.1, -0.05) is 215 Å². The van der Waals surface area contributed by atoms with Gasteiger partial charge in [0.25, 0.3) is 0 Å². The highest BCUT2D eigenvalue weighted by Gasteiger charge is 2.19. The number of hydrogen-bond donors (Lipinski definition) is 0. The molecule has 0 N–H and O–H groups in total. The Kier molecular flexibility index (Phi) is 49.4. The smallest absolute Gasteiger partial charge is 0.306 e. The van der Waals surface area contributed by atoms with Gasteiger partial charge in [-0.05, 0) is 96.3 Å². The van der Waals surface area contributed by atoms with Gasteiger partial charge in [0, 0.05) is 19.3 Å². The first-order chi connectivity index (χ1) is 31.5. The van der Waals surface area contributed by atoms with E-state index in [-0.39, 0.29) is 31.1 Å². The van der Waals surface area contributed by atoms with Crippen LogP contribution >= 0.6 is 0 Å². The molecule has 0 aromatic carbocycles. The van der Waals surface area contributed by atoms with Crippen molar-refractivity contribution in [2.75, 3.05) is 13.2 Å². The highest BCUT2D eigenvalue weighted by atomic mass is 16.6. The van der Waals surface area contributed by atoms with E-state index in [1.54, 1.807) is 0 Å². The van der Waals surface area contributed by atoms with Crippen LogP contribution in [0.2, 0.25) is 0 Å². The molecule has 0 aromatic rings. The predicted molar refractivity (Wildman–Crippen MR) is 274 cm³/mol. The van der Waals surface area contributed by atoms with Crippen LogP contribution in [0.3, 0.4) is 0 Å². The number of hydrogen-bond acceptors (Lipinski definition) is 6. The molecule has 0 aromatic heterocycles. The first kappa shape index (κ1) is 60.6. The van der Waals surface area contributed by atoms with Crippen molar-refractivity contribution in [3.05, 3.63) is 85.1 Å². The Balaban J connectivity index is 4.40. The minimum Gasteiger partial charge on any atom is -0.462 e. The van der Waals surface area contributed by atoms with E-state index in [4.69, 9.17) is 14.2 Å². The Bertz CT molecular complexity index is 1250. The average Bonchev–Trinajstić information content (AvgIpc) is 3.29. The SMILES string of the molecule is CC/C=C/C=C/C=C/CCCCCCCC(=O)OCC(COC(=O)CCCCCCCCCCC/C=C/C/C=C/C/C=C/CC)OC(=O)CCCCC/C=C/CCCCCCCCC. The lowest BCUT2D eigenvalue weighted by atomic mass is 10.1. The lowest BCUT2D eigenvalue weighted by Crippen LogP contribution is -2.30. The van der Waals surface area contributed by atoms with Gasteiger partial charge >= 0.3 is 17.9 Å². The topological polar surface area (TPSA) is 78.9 Å². The Morgan fingerprint density at radius 2 is 0.688 bits per heavy atom. The summed E-state index contributed by atoms with van der Waals surface area (Å²) < 4.78 is 16.8. The molecule has 0 heterocycles. The summed E-state index contributed by atoms with van der Waals surface area (Å²) in [5.74, 6) is -0.934. The fourth-order valence-electron chi connectivity index (χ4n) is 7.22. The highest BCUT2D eigenvalue weighted by molar-refractivity contribution is 5.71. The summed E-state index contributed by atoms with van der Waals surface area (Å²) in [5, 5.41) is 0. The summed E-state index contributed by atoms with van der Waals surface area (Å²) in [6.07, 6.45) is 67.1. The average molecular weight is 891 g/mol. The van der Waals surface area contributed by atoms with Crippen molar-refractivity contribution in [3.63, 3.8) is 0 Å². The molecule has 1 unspecified atom stereocenters. The molecule has 1 atom stereocenters. The van der Waals surface area contributed by atoms with Crippen molar-refractivity contribution in [2.24, 2.45) is 0 Å². The van der Waals surface area contributed by atoms with Gasteiger partial charge in [0.05, 0.1) is 0 Å². The van der Waals surface area contributed by atoms with E-state index in [9.17, 15) is 14.4 Å². The Morgan fingerprint density at radius 1 is 0.344 bits per heavy atom. The lowest BCUT2D eigenvalue weighted by Gasteiger charge is -2.18. The lowest BCUT2D eigenvalue weighted by molar-refractivity contribution is -0.167. The third-order valence-electron chi connectivity index (χ3n) is 11.2. The van der Waals surface area contributed by atoms with Gasteiger partial charge in [-0.15, -0.1) is 0 Å². The van der Waals surface area contributed by atoms with Gasteiger partial charge in [0.15, 0.2) is 6.10 Å². The van der Waals surface area contributed by atoms with E-state index < -0.39 is 6.10 Å². The molecule has 64 heavy (non-hydrogen) atoms. The number of carbonyl (C=O) groups is 3. The molecule has 0 rings (SSSR count). The summed E-state index contributed by atoms with van der Waals surface area (Å²) in [6, 6.07) is 0. The number of esters is 3. The molecule has 0 fully saturated rings. The molecular weight excluding hydrogens is 793 g/mol. The third kappa shape index (κ3) is 49.6. The van der Waals surface area contributed by atoms with E-state index in [0.29, 0.717) is 19.3 Å². The molecule has 0 aliphatic carbocycles. The summed E-state index contributed by atoms with van der Waals surface area (Å²) in [4.78, 5) is 38.0. The van der Waals surface area contributed by atoms with Gasteiger partial charge in [0.2, 0.25) is 0 Å². The minimum atomic E-state index is -0.795. The van der Waals surface area contributed by atoms with Crippen LogP contribution in [0.1, 0.15) is 245 Å². The van der Waals surface area contributed by atoms with Crippen LogP contribution in [0.25, 0.3) is 0 Å². The molecule has 0 saturated carbocycles. The van der Waals surface area contributed by atoms with Crippen LogP contribution in [-0.2, 0) is 28.6 Å². The molecule has 0 bridgehead atoms. The predicted octanol–water partition coefficient (Wildman–Crippen LogP) is 17.6. The van der Waals surface area contributed by atoms with Gasteiger partial charge < -0.3 is 14.2 Å². The molecule has 0 aliphatic heterocycles. The number of ether oxygens (including phenoxy) is 3. The molecule has 0 aliphatic rings. The molecule has 366 valence electrons. The van der Waals surface area contributed by atoms with Crippen molar-refractivity contribution < 1.29 is 28.6 Å². The van der Waals surface area contributed by atoms with Crippen LogP contribution in [0.5, 0.6) is 0 Å². The van der Waals surface area contributed by atoms with Crippen molar-refractivity contribution in [1.82, 2.24) is 0 Å². The fourth-order valence-corrected chi connectivity index (χ4v) is 7.22. The van der Waals surface area contributed by atoms with E-state index in [1.807, 2.05) is 0 Å². The molecule has 0 saturated heterocycles. The molecule has 6 nitrogen and oxygen atoms in total. The Hall–Kier alpha value is -3.41. The van der Waals surface area contributed by atoms with Crippen molar-refractivity contribution in [2.45, 2.75) is 252 Å². The maximum atomic E-state index is 12.8. The van der Waals surface area contributed by atoms with Crippen molar-refractivity contribution in [1.29, 1.82) is 0 Å². The second-order valence-corrected chi connectivity index (χ2v) is 17.4. The zero-order valence-electron chi connectivity index (χ0n) is 41.8. The summed E-state index contributed by atoms with van der Waals surface area (Å²) in [7, 11) is 0.